The van der Waals surface area contributed by atoms with Crippen LogP contribution < -0.4 is 0 Å². The number of rotatable bonds is 4. The van der Waals surface area contributed by atoms with E-state index < -0.39 is 10.8 Å². The van der Waals surface area contributed by atoms with Crippen LogP contribution in [0.2, 0.25) is 0 Å². The number of amides is 2. The minimum absolute atomic E-state index is 0.00976. The van der Waals surface area contributed by atoms with Gasteiger partial charge >= 0.3 is 0 Å². The van der Waals surface area contributed by atoms with E-state index in [4.69, 9.17) is 0 Å². The van der Waals surface area contributed by atoms with Gasteiger partial charge in [-0.25, -0.2) is 0 Å². The number of likely N-dealkylation sites (tertiary alicyclic amines) is 1. The van der Waals surface area contributed by atoms with Crippen LogP contribution in [0.1, 0.15) is 53.4 Å². The second kappa shape index (κ2) is 7.77. The second-order valence-electron chi connectivity index (χ2n) is 7.25. The van der Waals surface area contributed by atoms with Gasteiger partial charge in [0.1, 0.15) is 6.04 Å². The molecule has 0 aromatic carbocycles. The molecule has 0 N–H and O–H groups in total. The summed E-state index contributed by atoms with van der Waals surface area (Å²) in [4.78, 5) is 29.1. The highest BCUT2D eigenvalue weighted by atomic mass is 32.2. The fourth-order valence-electron chi connectivity index (χ4n) is 3.52. The van der Waals surface area contributed by atoms with Crippen molar-refractivity contribution in [2.45, 2.75) is 70.7 Å². The van der Waals surface area contributed by atoms with Crippen LogP contribution in [0.4, 0.5) is 0 Å². The monoisotopic (exact) mass is 342 g/mol. The topological polar surface area (TPSA) is 57.7 Å². The molecule has 2 rings (SSSR count). The lowest BCUT2D eigenvalue weighted by atomic mass is 9.97. The van der Waals surface area contributed by atoms with E-state index in [9.17, 15) is 13.8 Å². The number of carbonyl (C=O) groups excluding carboxylic acids is 2. The van der Waals surface area contributed by atoms with Crippen molar-refractivity contribution in [3.05, 3.63) is 0 Å². The van der Waals surface area contributed by atoms with Gasteiger partial charge in [0.15, 0.2) is 0 Å². The molecular formula is C17H30N2O3S. The first-order valence-electron chi connectivity index (χ1n) is 8.80. The molecule has 23 heavy (non-hydrogen) atoms. The lowest BCUT2D eigenvalue weighted by Gasteiger charge is -2.42. The number of carbonyl (C=O) groups is 2. The van der Waals surface area contributed by atoms with E-state index in [0.717, 1.165) is 12.8 Å². The molecule has 2 heterocycles. The fourth-order valence-corrected chi connectivity index (χ4v) is 4.85. The molecule has 0 bridgehead atoms. The number of piperidine rings is 1. The largest absolute Gasteiger partial charge is 0.336 e. The van der Waals surface area contributed by atoms with Crippen molar-refractivity contribution in [2.75, 3.05) is 18.8 Å². The standard InChI is InChI=1S/C17H30N2O3S/c1-12(2)11-15(19-8-6-5-7-16(19)20)17(21)18-9-10-23(22)14(4)13(18)3/h12-15H,5-11H2,1-4H3/t13-,14-,15-,23+/m1/s1. The van der Waals surface area contributed by atoms with Crippen molar-refractivity contribution in [1.82, 2.24) is 9.80 Å². The minimum atomic E-state index is -0.862. The van der Waals surface area contributed by atoms with Crippen LogP contribution >= 0.6 is 0 Å². The molecule has 6 heteroatoms. The highest BCUT2D eigenvalue weighted by Crippen LogP contribution is 2.24. The summed E-state index contributed by atoms with van der Waals surface area (Å²) < 4.78 is 12.0. The van der Waals surface area contributed by atoms with Crippen LogP contribution in [0.5, 0.6) is 0 Å². The average Bonchev–Trinajstić information content (AvgIpc) is 2.50. The minimum Gasteiger partial charge on any atom is -0.336 e. The van der Waals surface area contributed by atoms with Crippen molar-refractivity contribution in [2.24, 2.45) is 5.92 Å². The average molecular weight is 343 g/mol. The molecule has 0 aromatic rings. The normalized spacial score (nSPS) is 30.7. The molecule has 4 atom stereocenters. The molecule has 0 aromatic heterocycles. The Bertz CT molecular complexity index is 480. The number of hydrogen-bond acceptors (Lipinski definition) is 3. The molecule has 2 amide bonds. The Morgan fingerprint density at radius 1 is 1.26 bits per heavy atom. The van der Waals surface area contributed by atoms with E-state index in [0.29, 0.717) is 37.6 Å². The van der Waals surface area contributed by atoms with Crippen LogP contribution in [-0.4, -0.2) is 62.0 Å². The molecule has 0 saturated carbocycles. The van der Waals surface area contributed by atoms with Crippen LogP contribution in [0.15, 0.2) is 0 Å². The first-order valence-corrected chi connectivity index (χ1v) is 10.2. The van der Waals surface area contributed by atoms with Gasteiger partial charge < -0.3 is 9.80 Å². The second-order valence-corrected chi connectivity index (χ2v) is 9.17. The van der Waals surface area contributed by atoms with Gasteiger partial charge in [-0.1, -0.05) is 13.8 Å². The first-order chi connectivity index (χ1) is 10.8. The summed E-state index contributed by atoms with van der Waals surface area (Å²) in [6, 6.07) is -0.393. The molecule has 5 nitrogen and oxygen atoms in total. The Hall–Kier alpha value is -0.910. The lowest BCUT2D eigenvalue weighted by Crippen LogP contribution is -2.59. The number of nitrogens with zero attached hydrogens (tertiary/aromatic N) is 2. The Morgan fingerprint density at radius 3 is 2.57 bits per heavy atom. The van der Waals surface area contributed by atoms with Gasteiger partial charge in [0.2, 0.25) is 11.8 Å². The Kier molecular flexibility index (Phi) is 6.23. The maximum atomic E-state index is 13.2. The van der Waals surface area contributed by atoms with Crippen molar-refractivity contribution in [3.63, 3.8) is 0 Å². The Labute approximate surface area is 142 Å². The quantitative estimate of drug-likeness (QED) is 0.782. The Morgan fingerprint density at radius 2 is 1.96 bits per heavy atom. The maximum Gasteiger partial charge on any atom is 0.245 e. The van der Waals surface area contributed by atoms with Gasteiger partial charge in [0, 0.05) is 42.1 Å². The zero-order valence-corrected chi connectivity index (χ0v) is 15.6. The molecule has 2 aliphatic rings. The smallest absolute Gasteiger partial charge is 0.245 e. The lowest BCUT2D eigenvalue weighted by molar-refractivity contribution is -0.149. The van der Waals surface area contributed by atoms with Gasteiger partial charge in [0.05, 0.1) is 5.25 Å². The summed E-state index contributed by atoms with van der Waals surface area (Å²) in [5.41, 5.74) is 0. The third-order valence-corrected chi connectivity index (χ3v) is 6.93. The Balaban J connectivity index is 2.19. The first kappa shape index (κ1) is 18.4. The highest BCUT2D eigenvalue weighted by molar-refractivity contribution is 7.85. The molecule has 2 saturated heterocycles. The van der Waals surface area contributed by atoms with Crippen LogP contribution in [0, 0.1) is 5.92 Å². The summed E-state index contributed by atoms with van der Waals surface area (Å²) in [5.74, 6) is 1.05. The third kappa shape index (κ3) is 4.14. The van der Waals surface area contributed by atoms with Crippen molar-refractivity contribution in [3.8, 4) is 0 Å². The molecule has 132 valence electrons. The van der Waals surface area contributed by atoms with E-state index in [1.54, 1.807) is 4.90 Å². The molecule has 0 unspecified atom stereocenters. The molecule has 0 radical (unpaired) electrons. The summed E-state index contributed by atoms with van der Waals surface area (Å²) in [7, 11) is -0.862. The zero-order chi connectivity index (χ0) is 17.1. The fraction of sp³-hybridized carbons (Fsp3) is 0.882. The predicted octanol–water partition coefficient (Wildman–Crippen LogP) is 1.78. The summed E-state index contributed by atoms with van der Waals surface area (Å²) >= 11 is 0. The molecular weight excluding hydrogens is 312 g/mol. The van der Waals surface area contributed by atoms with Crippen LogP contribution in [0.3, 0.4) is 0 Å². The SMILES string of the molecule is CC(C)C[C@H](C(=O)N1CC[S@](=O)[C@H](C)[C@H]1C)N1CCCCC1=O. The summed E-state index contributed by atoms with van der Waals surface area (Å²) in [5, 5.41) is -0.00976. The number of hydrogen-bond donors (Lipinski definition) is 0. The van der Waals surface area contributed by atoms with Gasteiger partial charge in [-0.2, -0.15) is 0 Å². The van der Waals surface area contributed by atoms with Crippen LogP contribution in [0.25, 0.3) is 0 Å². The van der Waals surface area contributed by atoms with E-state index in [-0.39, 0.29) is 29.1 Å². The van der Waals surface area contributed by atoms with E-state index in [1.807, 2.05) is 18.7 Å². The molecule has 0 aliphatic carbocycles. The zero-order valence-electron chi connectivity index (χ0n) is 14.8. The molecule has 2 fully saturated rings. The van der Waals surface area contributed by atoms with Crippen molar-refractivity contribution < 1.29 is 13.8 Å². The van der Waals surface area contributed by atoms with Gasteiger partial charge in [-0.05, 0) is 39.0 Å². The summed E-state index contributed by atoms with van der Waals surface area (Å²) in [6.07, 6.45) is 3.15. The van der Waals surface area contributed by atoms with Gasteiger partial charge in [0.25, 0.3) is 0 Å². The maximum absolute atomic E-state index is 13.2. The van der Waals surface area contributed by atoms with Gasteiger partial charge in [-0.3, -0.25) is 13.8 Å². The summed E-state index contributed by atoms with van der Waals surface area (Å²) in [6.45, 7) is 9.32. The van der Waals surface area contributed by atoms with E-state index in [2.05, 4.69) is 13.8 Å². The van der Waals surface area contributed by atoms with Crippen LogP contribution in [-0.2, 0) is 20.4 Å². The van der Waals surface area contributed by atoms with E-state index in [1.165, 1.54) is 0 Å². The highest BCUT2D eigenvalue weighted by Gasteiger charge is 2.39. The predicted molar refractivity (Wildman–Crippen MR) is 92.5 cm³/mol. The molecule has 0 spiro atoms. The van der Waals surface area contributed by atoms with Crippen molar-refractivity contribution in [1.29, 1.82) is 0 Å². The van der Waals surface area contributed by atoms with Gasteiger partial charge in [-0.15, -0.1) is 0 Å². The van der Waals surface area contributed by atoms with Crippen molar-refractivity contribution >= 4 is 22.6 Å². The molecule has 2 aliphatic heterocycles. The van der Waals surface area contributed by atoms with E-state index >= 15 is 0 Å². The third-order valence-electron chi connectivity index (χ3n) is 5.12.